The van der Waals surface area contributed by atoms with Crippen LogP contribution in [0.1, 0.15) is 31.7 Å². The predicted octanol–water partition coefficient (Wildman–Crippen LogP) is 2.25. The molecule has 0 radical (unpaired) electrons. The number of anilines is 1. The number of hydrogen-bond donors (Lipinski definition) is 1. The molecule has 1 fully saturated rings. The van der Waals surface area contributed by atoms with Gasteiger partial charge in [0.05, 0.1) is 0 Å². The minimum atomic E-state index is -0.183. The maximum atomic E-state index is 14.6. The Morgan fingerprint density at radius 2 is 2.33 bits per heavy atom. The van der Waals surface area contributed by atoms with Gasteiger partial charge in [0.25, 0.3) is 0 Å². The third kappa shape index (κ3) is 4.14. The predicted molar refractivity (Wildman–Crippen MR) is 85.1 cm³/mol. The molecule has 1 unspecified atom stereocenters. The minimum absolute atomic E-state index is 0.183. The van der Waals surface area contributed by atoms with Crippen LogP contribution in [0, 0.1) is 5.82 Å². The molecule has 0 bridgehead atoms. The molecule has 2 heterocycles. The van der Waals surface area contributed by atoms with E-state index < -0.39 is 0 Å². The van der Waals surface area contributed by atoms with E-state index in [9.17, 15) is 4.39 Å². The molecular formula is C16H27FN4. The Hall–Kier alpha value is -1.20. The van der Waals surface area contributed by atoms with E-state index in [-0.39, 0.29) is 5.82 Å². The zero-order chi connectivity index (χ0) is 15.2. The van der Waals surface area contributed by atoms with E-state index in [1.807, 2.05) is 11.9 Å². The molecule has 4 nitrogen and oxygen atoms in total. The van der Waals surface area contributed by atoms with Gasteiger partial charge in [-0.15, -0.1) is 0 Å². The van der Waals surface area contributed by atoms with Crippen LogP contribution >= 0.6 is 0 Å². The molecule has 0 aliphatic carbocycles. The highest BCUT2D eigenvalue weighted by atomic mass is 19.1. The fraction of sp³-hybridized carbons (Fsp3) is 0.688. The standard InChI is InChI=1S/C16H27FN4/c1-4-8-18-11-13-7-9-19-16(15(13)17)21(3)14-6-5-10-20(2)12-14/h7,9,14,18H,4-6,8,10-12H2,1-3H3. The largest absolute Gasteiger partial charge is 0.353 e. The Morgan fingerprint density at radius 1 is 1.52 bits per heavy atom. The number of pyridine rings is 1. The summed E-state index contributed by atoms with van der Waals surface area (Å²) in [7, 11) is 4.08. The zero-order valence-electron chi connectivity index (χ0n) is 13.4. The molecule has 2 rings (SSSR count). The lowest BCUT2D eigenvalue weighted by Gasteiger charge is -2.36. The summed E-state index contributed by atoms with van der Waals surface area (Å²) in [5, 5.41) is 3.25. The van der Waals surface area contributed by atoms with Gasteiger partial charge in [-0.25, -0.2) is 9.37 Å². The van der Waals surface area contributed by atoms with Gasteiger partial charge in [-0.3, -0.25) is 0 Å². The first-order valence-electron chi connectivity index (χ1n) is 7.89. The normalized spacial score (nSPS) is 19.7. The van der Waals surface area contributed by atoms with E-state index in [1.54, 1.807) is 12.3 Å². The van der Waals surface area contributed by atoms with E-state index in [0.29, 0.717) is 24.0 Å². The Kier molecular flexibility index (Phi) is 5.94. The van der Waals surface area contributed by atoms with Crippen LogP contribution in [-0.4, -0.2) is 49.7 Å². The Morgan fingerprint density at radius 3 is 3.05 bits per heavy atom. The maximum absolute atomic E-state index is 14.6. The second kappa shape index (κ2) is 7.71. The van der Waals surface area contributed by atoms with E-state index in [4.69, 9.17) is 0 Å². The Balaban J connectivity index is 2.09. The van der Waals surface area contributed by atoms with Crippen LogP contribution in [0.4, 0.5) is 10.2 Å². The number of aromatic nitrogens is 1. The number of nitrogens with one attached hydrogen (secondary N) is 1. The number of rotatable bonds is 6. The van der Waals surface area contributed by atoms with E-state index in [1.165, 1.54) is 0 Å². The fourth-order valence-corrected chi connectivity index (χ4v) is 2.88. The second-order valence-corrected chi connectivity index (χ2v) is 5.95. The number of piperidine rings is 1. The molecule has 5 heteroatoms. The smallest absolute Gasteiger partial charge is 0.170 e. The molecule has 1 aromatic heterocycles. The summed E-state index contributed by atoms with van der Waals surface area (Å²) in [6, 6.07) is 2.10. The Bertz CT molecular complexity index is 452. The monoisotopic (exact) mass is 294 g/mol. The summed E-state index contributed by atoms with van der Waals surface area (Å²) < 4.78 is 14.6. The first kappa shape index (κ1) is 16.2. The SMILES string of the molecule is CCCNCc1ccnc(N(C)C2CCCN(C)C2)c1F. The highest BCUT2D eigenvalue weighted by molar-refractivity contribution is 5.43. The van der Waals surface area contributed by atoms with Crippen molar-refractivity contribution in [2.45, 2.75) is 38.8 Å². The van der Waals surface area contributed by atoms with Crippen molar-refractivity contribution in [2.75, 3.05) is 38.6 Å². The molecule has 0 amide bonds. The summed E-state index contributed by atoms with van der Waals surface area (Å²) in [5.74, 6) is 0.294. The second-order valence-electron chi connectivity index (χ2n) is 5.95. The molecule has 1 aromatic rings. The highest BCUT2D eigenvalue weighted by Gasteiger charge is 2.24. The first-order chi connectivity index (χ1) is 10.1. The molecule has 0 aromatic carbocycles. The lowest BCUT2D eigenvalue weighted by Crippen LogP contribution is -2.45. The summed E-state index contributed by atoms with van der Waals surface area (Å²) in [6.45, 7) is 5.67. The van der Waals surface area contributed by atoms with Crippen molar-refractivity contribution >= 4 is 5.82 Å². The summed E-state index contributed by atoms with van der Waals surface area (Å²) in [4.78, 5) is 8.58. The molecule has 1 N–H and O–H groups in total. The average molecular weight is 294 g/mol. The average Bonchev–Trinajstić information content (AvgIpc) is 2.48. The molecule has 1 aliphatic rings. The van der Waals surface area contributed by atoms with Crippen molar-refractivity contribution in [3.63, 3.8) is 0 Å². The van der Waals surface area contributed by atoms with Crippen molar-refractivity contribution < 1.29 is 4.39 Å². The van der Waals surface area contributed by atoms with Crippen molar-refractivity contribution in [3.8, 4) is 0 Å². The van der Waals surface area contributed by atoms with Crippen molar-refractivity contribution in [1.82, 2.24) is 15.2 Å². The fourth-order valence-electron chi connectivity index (χ4n) is 2.88. The number of likely N-dealkylation sites (tertiary alicyclic amines) is 1. The van der Waals surface area contributed by atoms with Gasteiger partial charge in [-0.05, 0) is 45.5 Å². The lowest BCUT2D eigenvalue weighted by atomic mass is 10.0. The van der Waals surface area contributed by atoms with Crippen molar-refractivity contribution in [3.05, 3.63) is 23.6 Å². The third-order valence-electron chi connectivity index (χ3n) is 4.17. The zero-order valence-corrected chi connectivity index (χ0v) is 13.4. The van der Waals surface area contributed by atoms with Crippen LogP contribution in [0.5, 0.6) is 0 Å². The van der Waals surface area contributed by atoms with Crippen LogP contribution in [0.2, 0.25) is 0 Å². The summed E-state index contributed by atoms with van der Waals surface area (Å²) >= 11 is 0. The van der Waals surface area contributed by atoms with Crippen LogP contribution < -0.4 is 10.2 Å². The number of nitrogens with zero attached hydrogens (tertiary/aromatic N) is 3. The minimum Gasteiger partial charge on any atom is -0.353 e. The maximum Gasteiger partial charge on any atom is 0.170 e. The number of likely N-dealkylation sites (N-methyl/N-ethyl adjacent to an activating group) is 2. The van der Waals surface area contributed by atoms with Gasteiger partial charge in [-0.2, -0.15) is 0 Å². The van der Waals surface area contributed by atoms with Gasteiger partial charge in [-0.1, -0.05) is 6.92 Å². The molecule has 118 valence electrons. The highest BCUT2D eigenvalue weighted by Crippen LogP contribution is 2.23. The molecule has 1 aliphatic heterocycles. The van der Waals surface area contributed by atoms with Crippen molar-refractivity contribution in [2.24, 2.45) is 0 Å². The molecular weight excluding hydrogens is 267 g/mol. The van der Waals surface area contributed by atoms with E-state index in [2.05, 4.69) is 29.2 Å². The molecule has 21 heavy (non-hydrogen) atoms. The molecule has 1 atom stereocenters. The number of halogens is 1. The lowest BCUT2D eigenvalue weighted by molar-refractivity contribution is 0.247. The van der Waals surface area contributed by atoms with Gasteiger partial charge < -0.3 is 15.1 Å². The summed E-state index contributed by atoms with van der Waals surface area (Å²) in [5.41, 5.74) is 0.699. The van der Waals surface area contributed by atoms with Crippen LogP contribution in [0.15, 0.2) is 12.3 Å². The summed E-state index contributed by atoms with van der Waals surface area (Å²) in [6.07, 6.45) is 5.02. The van der Waals surface area contributed by atoms with Crippen LogP contribution in [0.25, 0.3) is 0 Å². The third-order valence-corrected chi connectivity index (χ3v) is 4.17. The Labute approximate surface area is 127 Å². The quantitative estimate of drug-likeness (QED) is 0.816. The molecule has 0 spiro atoms. The molecule has 0 saturated carbocycles. The van der Waals surface area contributed by atoms with E-state index in [0.717, 1.165) is 38.9 Å². The van der Waals surface area contributed by atoms with Gasteiger partial charge in [0, 0.05) is 37.9 Å². The van der Waals surface area contributed by atoms with Crippen LogP contribution in [0.3, 0.4) is 0 Å². The van der Waals surface area contributed by atoms with Gasteiger partial charge >= 0.3 is 0 Å². The topological polar surface area (TPSA) is 31.4 Å². The van der Waals surface area contributed by atoms with Crippen LogP contribution in [-0.2, 0) is 6.54 Å². The van der Waals surface area contributed by atoms with Gasteiger partial charge in [0.1, 0.15) is 0 Å². The van der Waals surface area contributed by atoms with Crippen molar-refractivity contribution in [1.29, 1.82) is 0 Å². The van der Waals surface area contributed by atoms with Gasteiger partial charge in [0.15, 0.2) is 11.6 Å². The molecule has 1 saturated heterocycles. The van der Waals surface area contributed by atoms with E-state index >= 15 is 0 Å². The van der Waals surface area contributed by atoms with Gasteiger partial charge in [0.2, 0.25) is 0 Å². The number of hydrogen-bond acceptors (Lipinski definition) is 4. The first-order valence-corrected chi connectivity index (χ1v) is 7.89.